The number of anilines is 1. The molecule has 1 aromatic rings. The number of allylic oxidation sites excluding steroid dienone is 1. The van der Waals surface area contributed by atoms with E-state index in [1.807, 2.05) is 13.0 Å². The summed E-state index contributed by atoms with van der Waals surface area (Å²) in [4.78, 5) is 11.8. The molecule has 0 saturated carbocycles. The fourth-order valence-corrected chi connectivity index (χ4v) is 1.37. The first-order valence-corrected chi connectivity index (χ1v) is 5.63. The summed E-state index contributed by atoms with van der Waals surface area (Å²) >= 11 is 5.74. The molecule has 0 spiro atoms. The van der Waals surface area contributed by atoms with Gasteiger partial charge < -0.3 is 5.32 Å². The molecule has 0 aliphatic heterocycles. The molecule has 0 aliphatic rings. The zero-order valence-electron chi connectivity index (χ0n) is 9.75. The Hall–Kier alpha value is -1.79. The molecule has 1 aromatic carbocycles. The smallest absolute Gasteiger partial charge is 0.266 e. The lowest BCUT2D eigenvalue weighted by molar-refractivity contribution is -0.112. The van der Waals surface area contributed by atoms with E-state index in [9.17, 15) is 4.79 Å². The molecular formula is C13H13ClN2O. The van der Waals surface area contributed by atoms with Crippen molar-refractivity contribution in [3.8, 4) is 6.07 Å². The SMILES string of the molecule is CCC(C)=C(C#N)C(=O)Nc1ccc(Cl)cc1. The van der Waals surface area contributed by atoms with E-state index in [-0.39, 0.29) is 11.5 Å². The van der Waals surface area contributed by atoms with Crippen LogP contribution in [0, 0.1) is 11.3 Å². The number of carbonyl (C=O) groups is 1. The number of nitrogens with zero attached hydrogens (tertiary/aromatic N) is 1. The molecule has 1 rings (SSSR count). The van der Waals surface area contributed by atoms with E-state index in [1.165, 1.54) is 0 Å². The van der Waals surface area contributed by atoms with E-state index < -0.39 is 0 Å². The highest BCUT2D eigenvalue weighted by Gasteiger charge is 2.11. The molecule has 0 fully saturated rings. The molecule has 0 heterocycles. The topological polar surface area (TPSA) is 52.9 Å². The normalized spacial score (nSPS) is 11.4. The summed E-state index contributed by atoms with van der Waals surface area (Å²) in [5.74, 6) is -0.380. The second-order valence-electron chi connectivity index (χ2n) is 3.58. The molecule has 4 heteroatoms. The van der Waals surface area contributed by atoms with Crippen LogP contribution in [-0.2, 0) is 4.79 Å². The van der Waals surface area contributed by atoms with E-state index in [0.717, 1.165) is 5.57 Å². The lowest BCUT2D eigenvalue weighted by Crippen LogP contribution is -2.14. The zero-order valence-corrected chi connectivity index (χ0v) is 10.5. The minimum absolute atomic E-state index is 0.169. The van der Waals surface area contributed by atoms with Crippen LogP contribution in [0.3, 0.4) is 0 Å². The number of hydrogen-bond donors (Lipinski definition) is 1. The van der Waals surface area contributed by atoms with Gasteiger partial charge in [-0.1, -0.05) is 24.1 Å². The van der Waals surface area contributed by atoms with Gasteiger partial charge in [0.05, 0.1) is 0 Å². The van der Waals surface area contributed by atoms with E-state index >= 15 is 0 Å². The van der Waals surface area contributed by atoms with Crippen molar-refractivity contribution in [3.63, 3.8) is 0 Å². The average molecular weight is 249 g/mol. The summed E-state index contributed by atoms with van der Waals surface area (Å²) in [6.07, 6.45) is 0.678. The van der Waals surface area contributed by atoms with Gasteiger partial charge >= 0.3 is 0 Å². The van der Waals surface area contributed by atoms with Crippen molar-refractivity contribution in [1.29, 1.82) is 5.26 Å². The van der Waals surface area contributed by atoms with Gasteiger partial charge in [0.1, 0.15) is 11.6 Å². The van der Waals surface area contributed by atoms with Crippen LogP contribution in [0.2, 0.25) is 5.02 Å². The second kappa shape index (κ2) is 6.07. The average Bonchev–Trinajstić information content (AvgIpc) is 2.32. The number of nitrogens with one attached hydrogen (secondary N) is 1. The zero-order chi connectivity index (χ0) is 12.8. The highest BCUT2D eigenvalue weighted by Crippen LogP contribution is 2.15. The highest BCUT2D eigenvalue weighted by molar-refractivity contribution is 6.30. The van der Waals surface area contributed by atoms with Crippen LogP contribution in [0.15, 0.2) is 35.4 Å². The highest BCUT2D eigenvalue weighted by atomic mass is 35.5. The third kappa shape index (κ3) is 3.61. The molecule has 0 radical (unpaired) electrons. The Balaban J connectivity index is 2.86. The second-order valence-corrected chi connectivity index (χ2v) is 4.02. The summed E-state index contributed by atoms with van der Waals surface area (Å²) in [7, 11) is 0. The fourth-order valence-electron chi connectivity index (χ4n) is 1.24. The summed E-state index contributed by atoms with van der Waals surface area (Å²) in [6, 6.07) is 8.67. The van der Waals surface area contributed by atoms with Crippen LogP contribution < -0.4 is 5.32 Å². The van der Waals surface area contributed by atoms with Gasteiger partial charge in [0.25, 0.3) is 5.91 Å². The van der Waals surface area contributed by atoms with Gasteiger partial charge in [-0.3, -0.25) is 4.79 Å². The summed E-state index contributed by atoms with van der Waals surface area (Å²) in [6.45, 7) is 3.68. The van der Waals surface area contributed by atoms with E-state index in [4.69, 9.17) is 16.9 Å². The molecule has 0 saturated heterocycles. The molecule has 0 aliphatic carbocycles. The maximum absolute atomic E-state index is 11.8. The number of rotatable bonds is 3. The minimum Gasteiger partial charge on any atom is -0.321 e. The van der Waals surface area contributed by atoms with Crippen molar-refractivity contribution in [2.75, 3.05) is 5.32 Å². The van der Waals surface area contributed by atoms with Crippen LogP contribution in [0.1, 0.15) is 20.3 Å². The number of amides is 1. The van der Waals surface area contributed by atoms with Gasteiger partial charge in [-0.2, -0.15) is 5.26 Å². The number of hydrogen-bond acceptors (Lipinski definition) is 2. The minimum atomic E-state index is -0.380. The number of carbonyl (C=O) groups excluding carboxylic acids is 1. The molecule has 88 valence electrons. The third-order valence-electron chi connectivity index (χ3n) is 2.40. The predicted molar refractivity (Wildman–Crippen MR) is 68.7 cm³/mol. The molecule has 0 atom stereocenters. The van der Waals surface area contributed by atoms with E-state index in [1.54, 1.807) is 31.2 Å². The summed E-state index contributed by atoms with van der Waals surface area (Å²) < 4.78 is 0. The first-order valence-electron chi connectivity index (χ1n) is 5.25. The van der Waals surface area contributed by atoms with Crippen molar-refractivity contribution in [1.82, 2.24) is 0 Å². The Labute approximate surface area is 106 Å². The Morgan fingerprint density at radius 1 is 1.41 bits per heavy atom. The Morgan fingerprint density at radius 3 is 2.47 bits per heavy atom. The van der Waals surface area contributed by atoms with Gasteiger partial charge in [0, 0.05) is 10.7 Å². The number of halogens is 1. The molecule has 0 bridgehead atoms. The molecule has 3 nitrogen and oxygen atoms in total. The largest absolute Gasteiger partial charge is 0.321 e. The van der Waals surface area contributed by atoms with Crippen LogP contribution in [0.25, 0.3) is 0 Å². The molecule has 1 N–H and O–H groups in total. The lowest BCUT2D eigenvalue weighted by Gasteiger charge is -2.06. The first-order chi connectivity index (χ1) is 8.08. The van der Waals surface area contributed by atoms with Gasteiger partial charge in [0.2, 0.25) is 0 Å². The molecular weight excluding hydrogens is 236 g/mol. The van der Waals surface area contributed by atoms with Crippen molar-refractivity contribution in [3.05, 3.63) is 40.4 Å². The van der Waals surface area contributed by atoms with Crippen LogP contribution in [0.4, 0.5) is 5.69 Å². The summed E-state index contributed by atoms with van der Waals surface area (Å²) in [5.41, 5.74) is 1.57. The lowest BCUT2D eigenvalue weighted by atomic mass is 10.1. The van der Waals surface area contributed by atoms with Gasteiger partial charge in [-0.05, 0) is 37.6 Å². The van der Waals surface area contributed by atoms with Crippen LogP contribution >= 0.6 is 11.6 Å². The number of nitriles is 1. The van der Waals surface area contributed by atoms with E-state index in [2.05, 4.69) is 5.32 Å². The van der Waals surface area contributed by atoms with Gasteiger partial charge in [-0.25, -0.2) is 0 Å². The molecule has 17 heavy (non-hydrogen) atoms. The van der Waals surface area contributed by atoms with Gasteiger partial charge in [0.15, 0.2) is 0 Å². The Bertz CT molecular complexity index is 483. The molecule has 0 aromatic heterocycles. The van der Waals surface area contributed by atoms with Crippen LogP contribution in [0.5, 0.6) is 0 Å². The number of benzene rings is 1. The quantitative estimate of drug-likeness (QED) is 0.657. The molecule has 0 unspecified atom stereocenters. The standard InChI is InChI=1S/C13H13ClN2O/c1-3-9(2)12(8-15)13(17)16-11-6-4-10(14)5-7-11/h4-7H,3H2,1-2H3,(H,16,17). The summed E-state index contributed by atoms with van der Waals surface area (Å²) in [5, 5.41) is 12.2. The van der Waals surface area contributed by atoms with Crippen LogP contribution in [-0.4, -0.2) is 5.91 Å². The first kappa shape index (κ1) is 13.3. The predicted octanol–water partition coefficient (Wildman–Crippen LogP) is 3.53. The third-order valence-corrected chi connectivity index (χ3v) is 2.65. The monoisotopic (exact) mass is 248 g/mol. The Kier molecular flexibility index (Phi) is 4.74. The maximum Gasteiger partial charge on any atom is 0.266 e. The van der Waals surface area contributed by atoms with Crippen molar-refractivity contribution in [2.45, 2.75) is 20.3 Å². The molecule has 1 amide bonds. The van der Waals surface area contributed by atoms with E-state index in [0.29, 0.717) is 17.1 Å². The maximum atomic E-state index is 11.8. The fraction of sp³-hybridized carbons (Fsp3) is 0.231. The van der Waals surface area contributed by atoms with Crippen molar-refractivity contribution >= 4 is 23.2 Å². The van der Waals surface area contributed by atoms with Crippen molar-refractivity contribution in [2.24, 2.45) is 0 Å². The Morgan fingerprint density at radius 2 is 2.00 bits per heavy atom. The van der Waals surface area contributed by atoms with Crippen molar-refractivity contribution < 1.29 is 4.79 Å². The van der Waals surface area contributed by atoms with Gasteiger partial charge in [-0.15, -0.1) is 0 Å².